The maximum Gasteiger partial charge on any atom is 0.271 e. The van der Waals surface area contributed by atoms with E-state index in [1.807, 2.05) is 48.7 Å². The number of hydrogen-bond acceptors (Lipinski definition) is 4. The van der Waals surface area contributed by atoms with Crippen molar-refractivity contribution in [2.45, 2.75) is 83.5 Å². The Morgan fingerprint density at radius 2 is 1.80 bits per heavy atom. The highest BCUT2D eigenvalue weighted by atomic mass is 16.5. The van der Waals surface area contributed by atoms with Crippen LogP contribution in [0, 0.1) is 6.92 Å². The molecule has 35 heavy (non-hydrogen) atoms. The van der Waals surface area contributed by atoms with Crippen LogP contribution in [-0.4, -0.2) is 40.0 Å². The van der Waals surface area contributed by atoms with Crippen LogP contribution in [0.25, 0.3) is 11.1 Å². The second-order valence-electron chi connectivity index (χ2n) is 10.3. The Labute approximate surface area is 206 Å². The third-order valence-corrected chi connectivity index (χ3v) is 7.67. The predicted molar refractivity (Wildman–Crippen MR) is 134 cm³/mol. The number of carbonyl (C=O) groups excluding carboxylic acids is 2. The second kappa shape index (κ2) is 9.44. The number of rotatable bonds is 5. The van der Waals surface area contributed by atoms with Gasteiger partial charge in [-0.1, -0.05) is 44.2 Å². The standard InChI is InChI=1S/C28H35N3O4/c1-19-15-23-25(35-19)16-24-26(32)31(17-20-11-13-22(34-3)14-12-20)28(2,18-30(23)24)27(33)29-21-9-7-5-4-6-8-10-21/h11-16,21H,4-10,17-18H2,1-3H3,(H,29,33). The molecule has 2 amide bonds. The van der Waals surface area contributed by atoms with E-state index in [0.717, 1.165) is 48.3 Å². The van der Waals surface area contributed by atoms with Crippen molar-refractivity contribution in [3.05, 3.63) is 53.4 Å². The van der Waals surface area contributed by atoms with Crippen molar-refractivity contribution in [1.29, 1.82) is 0 Å². The zero-order valence-corrected chi connectivity index (χ0v) is 20.9. The molecule has 0 bridgehead atoms. The van der Waals surface area contributed by atoms with Crippen molar-refractivity contribution in [3.63, 3.8) is 0 Å². The van der Waals surface area contributed by atoms with E-state index in [9.17, 15) is 9.59 Å². The molecule has 186 valence electrons. The van der Waals surface area contributed by atoms with E-state index in [4.69, 9.17) is 9.15 Å². The van der Waals surface area contributed by atoms with Crippen molar-refractivity contribution in [2.75, 3.05) is 7.11 Å². The Balaban J connectivity index is 1.49. The average molecular weight is 478 g/mol. The average Bonchev–Trinajstić information content (AvgIpc) is 3.35. The first-order valence-corrected chi connectivity index (χ1v) is 12.7. The molecule has 2 aromatic heterocycles. The van der Waals surface area contributed by atoms with Crippen LogP contribution in [0.3, 0.4) is 0 Å². The lowest BCUT2D eigenvalue weighted by Crippen LogP contribution is -2.64. The van der Waals surface area contributed by atoms with Crippen LogP contribution in [0.5, 0.6) is 5.75 Å². The fourth-order valence-electron chi connectivity index (χ4n) is 5.56. The molecule has 1 aliphatic carbocycles. The summed E-state index contributed by atoms with van der Waals surface area (Å²) in [5.74, 6) is 1.30. The highest BCUT2D eigenvalue weighted by Crippen LogP contribution is 2.35. The van der Waals surface area contributed by atoms with Gasteiger partial charge in [0.1, 0.15) is 22.7 Å². The zero-order chi connectivity index (χ0) is 24.6. The van der Waals surface area contributed by atoms with Crippen LogP contribution in [0.1, 0.15) is 73.7 Å². The number of benzene rings is 1. The van der Waals surface area contributed by atoms with Crippen LogP contribution >= 0.6 is 0 Å². The number of fused-ring (bicyclic) bond motifs is 3. The number of carbonyl (C=O) groups is 2. The molecule has 1 fully saturated rings. The molecule has 3 aromatic rings. The number of amides is 2. The Morgan fingerprint density at radius 1 is 1.11 bits per heavy atom. The molecule has 5 rings (SSSR count). The van der Waals surface area contributed by atoms with E-state index in [2.05, 4.69) is 5.32 Å². The third kappa shape index (κ3) is 4.44. The molecule has 0 radical (unpaired) electrons. The Morgan fingerprint density at radius 3 is 2.49 bits per heavy atom. The molecule has 1 aromatic carbocycles. The summed E-state index contributed by atoms with van der Waals surface area (Å²) in [5, 5.41) is 3.34. The molecular formula is C28H35N3O4. The number of ether oxygens (including phenoxy) is 1. The quantitative estimate of drug-likeness (QED) is 0.548. The molecule has 7 heteroatoms. The third-order valence-electron chi connectivity index (χ3n) is 7.67. The smallest absolute Gasteiger partial charge is 0.271 e. The van der Waals surface area contributed by atoms with Gasteiger partial charge >= 0.3 is 0 Å². The Bertz CT molecular complexity index is 1220. The van der Waals surface area contributed by atoms with Crippen molar-refractivity contribution < 1.29 is 18.7 Å². The topological polar surface area (TPSA) is 76.7 Å². The molecule has 1 atom stereocenters. The molecule has 1 N–H and O–H groups in total. The summed E-state index contributed by atoms with van der Waals surface area (Å²) in [6, 6.07) is 11.6. The second-order valence-corrected chi connectivity index (χ2v) is 10.3. The summed E-state index contributed by atoms with van der Waals surface area (Å²) in [4.78, 5) is 29.5. The maximum atomic E-state index is 13.9. The summed E-state index contributed by atoms with van der Waals surface area (Å²) in [7, 11) is 1.63. The monoisotopic (exact) mass is 477 g/mol. The predicted octanol–water partition coefficient (Wildman–Crippen LogP) is 5.20. The molecular weight excluding hydrogens is 442 g/mol. The van der Waals surface area contributed by atoms with E-state index in [-0.39, 0.29) is 17.9 Å². The fourth-order valence-corrected chi connectivity index (χ4v) is 5.56. The Kier molecular flexibility index (Phi) is 6.34. The van der Waals surface area contributed by atoms with E-state index < -0.39 is 5.54 Å². The first-order valence-electron chi connectivity index (χ1n) is 12.7. The van der Waals surface area contributed by atoms with Crippen LogP contribution < -0.4 is 10.1 Å². The van der Waals surface area contributed by atoms with E-state index in [0.29, 0.717) is 24.4 Å². The van der Waals surface area contributed by atoms with Gasteiger partial charge in [0, 0.05) is 24.7 Å². The van der Waals surface area contributed by atoms with Crippen molar-refractivity contribution in [1.82, 2.24) is 14.8 Å². The molecule has 0 saturated heterocycles. The lowest BCUT2D eigenvalue weighted by molar-refractivity contribution is -0.134. The van der Waals surface area contributed by atoms with E-state index in [1.54, 1.807) is 18.1 Å². The van der Waals surface area contributed by atoms with Crippen LogP contribution in [-0.2, 0) is 17.9 Å². The van der Waals surface area contributed by atoms with Gasteiger partial charge in [-0.3, -0.25) is 9.59 Å². The highest BCUT2D eigenvalue weighted by Gasteiger charge is 2.48. The van der Waals surface area contributed by atoms with Crippen LogP contribution in [0.15, 0.2) is 40.8 Å². The summed E-state index contributed by atoms with van der Waals surface area (Å²) < 4.78 is 13.1. The number of aryl methyl sites for hydroxylation is 1. The zero-order valence-electron chi connectivity index (χ0n) is 20.9. The van der Waals surface area contributed by atoms with Crippen LogP contribution in [0.2, 0.25) is 0 Å². The molecule has 1 unspecified atom stereocenters. The van der Waals surface area contributed by atoms with Gasteiger partial charge in [-0.25, -0.2) is 0 Å². The largest absolute Gasteiger partial charge is 0.497 e. The van der Waals surface area contributed by atoms with Gasteiger partial charge in [0.25, 0.3) is 5.91 Å². The molecule has 7 nitrogen and oxygen atoms in total. The van der Waals surface area contributed by atoms with Crippen molar-refractivity contribution in [2.24, 2.45) is 0 Å². The summed E-state index contributed by atoms with van der Waals surface area (Å²) in [6.45, 7) is 4.51. The van der Waals surface area contributed by atoms with Crippen LogP contribution in [0.4, 0.5) is 0 Å². The number of methoxy groups -OCH3 is 1. The SMILES string of the molecule is COc1ccc(CN2C(=O)c3cc4oc(C)cc4n3CC2(C)C(=O)NC2CCCCCCC2)cc1. The molecule has 3 heterocycles. The molecule has 0 spiro atoms. The number of hydrogen-bond donors (Lipinski definition) is 1. The Hall–Kier alpha value is -3.22. The van der Waals surface area contributed by atoms with Gasteiger partial charge in [-0.15, -0.1) is 0 Å². The van der Waals surface area contributed by atoms with Gasteiger partial charge in [0.2, 0.25) is 5.91 Å². The minimum Gasteiger partial charge on any atom is -0.497 e. The van der Waals surface area contributed by atoms with Gasteiger partial charge in [0.05, 0.1) is 19.2 Å². The van der Waals surface area contributed by atoms with Crippen molar-refractivity contribution in [3.8, 4) is 5.75 Å². The van der Waals surface area contributed by atoms with Gasteiger partial charge in [0.15, 0.2) is 5.58 Å². The first kappa shape index (κ1) is 23.5. The summed E-state index contributed by atoms with van der Waals surface area (Å²) in [6.07, 6.45) is 7.97. The van der Waals surface area contributed by atoms with E-state index in [1.165, 1.54) is 19.3 Å². The number of furan rings is 1. The number of nitrogens with one attached hydrogen (secondary N) is 1. The minimum absolute atomic E-state index is 0.0855. The molecule has 1 aliphatic heterocycles. The lowest BCUT2D eigenvalue weighted by atomic mass is 9.91. The highest BCUT2D eigenvalue weighted by molar-refractivity contribution is 6.03. The fraction of sp³-hybridized carbons (Fsp3) is 0.500. The minimum atomic E-state index is -1.04. The molecule has 2 aliphatic rings. The number of nitrogens with zero attached hydrogens (tertiary/aromatic N) is 2. The van der Waals surface area contributed by atoms with Gasteiger partial charge in [-0.05, 0) is 44.4 Å². The maximum absolute atomic E-state index is 13.9. The first-order chi connectivity index (χ1) is 16.9. The normalized spacial score (nSPS) is 21.5. The number of aromatic nitrogens is 1. The lowest BCUT2D eigenvalue weighted by Gasteiger charge is -2.44. The van der Waals surface area contributed by atoms with Crippen molar-refractivity contribution >= 4 is 22.9 Å². The van der Waals surface area contributed by atoms with Gasteiger partial charge in [-0.2, -0.15) is 0 Å². The molecule has 1 saturated carbocycles. The summed E-state index contributed by atoms with van der Waals surface area (Å²) in [5.41, 5.74) is 2.01. The van der Waals surface area contributed by atoms with E-state index >= 15 is 0 Å². The van der Waals surface area contributed by atoms with Gasteiger partial charge < -0.3 is 23.9 Å². The summed E-state index contributed by atoms with van der Waals surface area (Å²) >= 11 is 0.